The van der Waals surface area contributed by atoms with E-state index in [1.807, 2.05) is 0 Å². The average molecular weight is 594 g/mol. The molecule has 0 aromatic rings. The van der Waals surface area contributed by atoms with Gasteiger partial charge in [0.1, 0.15) is 5.78 Å². The van der Waals surface area contributed by atoms with Crippen molar-refractivity contribution in [2.24, 2.45) is 0 Å². The van der Waals surface area contributed by atoms with Crippen LogP contribution in [-0.2, 0) is 24.0 Å². The van der Waals surface area contributed by atoms with Gasteiger partial charge in [-0.15, -0.1) is 0 Å². The number of hydrogen-bond acceptors (Lipinski definition) is 8. The molecule has 0 aliphatic carbocycles. The van der Waals surface area contributed by atoms with Crippen molar-refractivity contribution in [3.05, 3.63) is 0 Å². The molecule has 11 nitrogen and oxygen atoms in total. The largest absolute Gasteiger partial charge is 0.406 e. The number of unbranched alkanes of at least 4 members (excludes halogenated alkanes) is 6. The van der Waals surface area contributed by atoms with Gasteiger partial charge < -0.3 is 25.9 Å². The van der Waals surface area contributed by atoms with Gasteiger partial charge in [0.25, 0.3) is 0 Å². The Bertz CT molecular complexity index is 802. The number of nitrogens with zero attached hydrogens (tertiary/aromatic N) is 2. The molecule has 0 aliphatic heterocycles. The molecule has 0 fully saturated rings. The van der Waals surface area contributed by atoms with Crippen LogP contribution in [0.25, 0.3) is 0 Å². The van der Waals surface area contributed by atoms with Gasteiger partial charge in [-0.05, 0) is 58.9 Å². The molecule has 0 rings (SSSR count). The van der Waals surface area contributed by atoms with Gasteiger partial charge in [-0.3, -0.25) is 28.9 Å². The summed E-state index contributed by atoms with van der Waals surface area (Å²) in [6.45, 7) is 5.85. The van der Waals surface area contributed by atoms with Crippen molar-refractivity contribution in [1.29, 1.82) is 0 Å². The molecule has 0 saturated heterocycles. The van der Waals surface area contributed by atoms with Gasteiger partial charge in [-0.25, -0.2) is 0 Å². The molecule has 0 saturated carbocycles. The molecular weight excluding hydrogens is 541 g/mol. The molecular formula is C26H53B3N6O5S. The Morgan fingerprint density at radius 3 is 1.49 bits per heavy atom. The van der Waals surface area contributed by atoms with Gasteiger partial charge in [0, 0.05) is 32.5 Å². The number of ketones is 1. The first kappa shape index (κ1) is 39.0. The molecule has 0 radical (unpaired) electrons. The Morgan fingerprint density at radius 2 is 1.05 bits per heavy atom. The van der Waals surface area contributed by atoms with Crippen molar-refractivity contribution in [2.45, 2.75) is 89.2 Å². The van der Waals surface area contributed by atoms with Gasteiger partial charge in [0.05, 0.1) is 24.4 Å². The molecule has 15 heteroatoms. The summed E-state index contributed by atoms with van der Waals surface area (Å²) in [7, 11) is 5.69. The molecule has 0 atom stereocenters. The second kappa shape index (κ2) is 23.6. The lowest BCUT2D eigenvalue weighted by Gasteiger charge is -2.21. The highest BCUT2D eigenvalue weighted by atomic mass is 32.1. The standard InChI is InChI=1S/C26H53B3N6O5S/c1-26(2,41)21(36)12-6-5-9-15-31-24(39)19-34(20-25(40)32-16-10-7-13-22(37)33-27)18-23(38)30-14-8-3-4-11-17-35(28)29/h41H,3-20,27-29H2,1-2H3,(H,30,38)(H,31,39)(H,32,40)(H,33,37). The zero-order valence-corrected chi connectivity index (χ0v) is 27.0. The van der Waals surface area contributed by atoms with Crippen LogP contribution in [0.5, 0.6) is 0 Å². The first-order chi connectivity index (χ1) is 19.3. The van der Waals surface area contributed by atoms with Crippen molar-refractivity contribution in [1.82, 2.24) is 30.8 Å². The minimum absolute atomic E-state index is 0.0387. The smallest absolute Gasteiger partial charge is 0.234 e. The highest BCUT2D eigenvalue weighted by Gasteiger charge is 2.21. The lowest BCUT2D eigenvalue weighted by Crippen LogP contribution is -2.47. The summed E-state index contributed by atoms with van der Waals surface area (Å²) in [5.41, 5.74) is 0. The van der Waals surface area contributed by atoms with Crippen molar-refractivity contribution in [3.63, 3.8) is 0 Å². The van der Waals surface area contributed by atoms with Crippen molar-refractivity contribution in [2.75, 3.05) is 45.8 Å². The Balaban J connectivity index is 4.56. The fraction of sp³-hybridized carbons (Fsp3) is 0.808. The van der Waals surface area contributed by atoms with E-state index in [9.17, 15) is 24.0 Å². The second-order valence-corrected chi connectivity index (χ2v) is 12.5. The normalized spacial score (nSPS) is 11.3. The van der Waals surface area contributed by atoms with E-state index in [0.29, 0.717) is 45.3 Å². The highest BCUT2D eigenvalue weighted by Crippen LogP contribution is 2.17. The van der Waals surface area contributed by atoms with Crippen LogP contribution in [0.4, 0.5) is 0 Å². The number of rotatable bonds is 25. The lowest BCUT2D eigenvalue weighted by molar-refractivity contribution is -0.128. The minimum atomic E-state index is -0.631. The number of carbonyl (C=O) groups is 5. The molecule has 0 spiro atoms. The van der Waals surface area contributed by atoms with Crippen LogP contribution < -0.4 is 21.2 Å². The number of nitrogens with one attached hydrogen (secondary N) is 4. The van der Waals surface area contributed by atoms with E-state index in [1.54, 1.807) is 21.8 Å². The van der Waals surface area contributed by atoms with Crippen LogP contribution in [0.2, 0.25) is 0 Å². The van der Waals surface area contributed by atoms with Crippen LogP contribution in [0.15, 0.2) is 0 Å². The Labute approximate surface area is 255 Å². The molecule has 0 aromatic heterocycles. The van der Waals surface area contributed by atoms with Crippen molar-refractivity contribution in [3.8, 4) is 0 Å². The monoisotopic (exact) mass is 594 g/mol. The summed E-state index contributed by atoms with van der Waals surface area (Å²) in [6, 6.07) is 0. The van der Waals surface area contributed by atoms with E-state index in [1.165, 1.54) is 4.90 Å². The maximum atomic E-state index is 12.6. The van der Waals surface area contributed by atoms with Gasteiger partial charge in [0.2, 0.25) is 31.6 Å². The molecule has 0 heterocycles. The predicted molar refractivity (Wildman–Crippen MR) is 175 cm³/mol. The first-order valence-corrected chi connectivity index (χ1v) is 15.4. The van der Waals surface area contributed by atoms with Crippen LogP contribution >= 0.6 is 12.6 Å². The number of carbonyl (C=O) groups excluding carboxylic acids is 5. The third-order valence-electron chi connectivity index (χ3n) is 6.47. The molecule has 41 heavy (non-hydrogen) atoms. The average Bonchev–Trinajstić information content (AvgIpc) is 2.88. The van der Waals surface area contributed by atoms with Crippen LogP contribution in [0, 0.1) is 0 Å². The zero-order chi connectivity index (χ0) is 31.1. The van der Waals surface area contributed by atoms with Crippen LogP contribution in [0.3, 0.4) is 0 Å². The topological polar surface area (TPSA) is 140 Å². The SMILES string of the molecule is BNC(=O)CCCCNC(=O)CN(CC(=O)NCCCCCCN(B)B)CC(=O)NCCCCCC(=O)C(C)(C)S. The summed E-state index contributed by atoms with van der Waals surface area (Å²) in [6.07, 6.45) is 8.60. The van der Waals surface area contributed by atoms with E-state index in [0.717, 1.165) is 51.5 Å². The quantitative estimate of drug-likeness (QED) is 0.0481. The van der Waals surface area contributed by atoms with E-state index in [2.05, 4.69) is 54.5 Å². The maximum Gasteiger partial charge on any atom is 0.234 e. The van der Waals surface area contributed by atoms with E-state index >= 15 is 0 Å². The minimum Gasteiger partial charge on any atom is -0.406 e. The number of thiol groups is 1. The van der Waals surface area contributed by atoms with Crippen molar-refractivity contribution >= 4 is 66.0 Å². The van der Waals surface area contributed by atoms with Crippen LogP contribution in [-0.4, -0.2) is 114 Å². The number of Topliss-reactive ketones (excluding diaryl/α,β-unsaturated/α-hetero) is 1. The summed E-state index contributed by atoms with van der Waals surface area (Å²) in [5, 5.41) is 11.1. The van der Waals surface area contributed by atoms with Crippen molar-refractivity contribution < 1.29 is 24.0 Å². The Hall–Kier alpha value is -1.99. The second-order valence-electron chi connectivity index (χ2n) is 11.3. The van der Waals surface area contributed by atoms with E-state index in [4.69, 9.17) is 0 Å². The van der Waals surface area contributed by atoms with Gasteiger partial charge in [0.15, 0.2) is 16.0 Å². The summed E-state index contributed by atoms with van der Waals surface area (Å²) in [4.78, 5) is 62.4. The maximum absolute atomic E-state index is 12.6. The lowest BCUT2D eigenvalue weighted by atomic mass is 10.0. The summed E-state index contributed by atoms with van der Waals surface area (Å²) >= 11 is 4.30. The molecule has 4 amide bonds. The predicted octanol–water partition coefficient (Wildman–Crippen LogP) is -1.73. The van der Waals surface area contributed by atoms with E-state index < -0.39 is 4.75 Å². The Kier molecular flexibility index (Phi) is 22.4. The van der Waals surface area contributed by atoms with Gasteiger partial charge in [-0.2, -0.15) is 12.6 Å². The van der Waals surface area contributed by atoms with Gasteiger partial charge >= 0.3 is 0 Å². The van der Waals surface area contributed by atoms with E-state index in [-0.39, 0.29) is 49.0 Å². The first-order valence-electron chi connectivity index (χ1n) is 15.0. The van der Waals surface area contributed by atoms with Crippen LogP contribution in [0.1, 0.15) is 84.5 Å². The zero-order valence-electron chi connectivity index (χ0n) is 26.1. The number of amides is 4. The number of hydrogen-bond donors (Lipinski definition) is 5. The third kappa shape index (κ3) is 24.3. The molecule has 0 bridgehead atoms. The molecule has 0 unspecified atom stereocenters. The molecule has 0 aliphatic rings. The molecule has 4 N–H and O–H groups in total. The fourth-order valence-electron chi connectivity index (χ4n) is 3.96. The summed E-state index contributed by atoms with van der Waals surface area (Å²) < 4.78 is 1.52. The fourth-order valence-corrected chi connectivity index (χ4v) is 4.08. The van der Waals surface area contributed by atoms with Gasteiger partial charge in [-0.1, -0.05) is 19.3 Å². The third-order valence-corrected chi connectivity index (χ3v) is 6.72. The molecule has 0 aromatic carbocycles. The summed E-state index contributed by atoms with van der Waals surface area (Å²) in [5.74, 6) is -0.690. The Morgan fingerprint density at radius 1 is 0.634 bits per heavy atom. The highest BCUT2D eigenvalue weighted by molar-refractivity contribution is 7.82. The molecule has 232 valence electrons.